The molecule has 1 aliphatic heterocycles. The average Bonchev–Trinajstić information content (AvgIpc) is 2.72. The van der Waals surface area contributed by atoms with Gasteiger partial charge >= 0.3 is 6.03 Å². The molecule has 1 N–H and O–H groups in total. The van der Waals surface area contributed by atoms with Gasteiger partial charge in [-0.3, -0.25) is 4.90 Å². The van der Waals surface area contributed by atoms with Gasteiger partial charge in [-0.15, -0.1) is 0 Å². The molecule has 0 aliphatic carbocycles. The van der Waals surface area contributed by atoms with Crippen LogP contribution in [0.3, 0.4) is 0 Å². The minimum absolute atomic E-state index is 0.0797. The van der Waals surface area contributed by atoms with Crippen molar-refractivity contribution in [1.82, 2.24) is 15.1 Å². The number of nitrogens with one attached hydrogen (secondary N) is 1. The highest BCUT2D eigenvalue weighted by molar-refractivity contribution is 5.74. The fourth-order valence-corrected chi connectivity index (χ4v) is 3.94. The average molecular weight is 380 g/mol. The normalized spacial score (nSPS) is 16.0. The molecule has 4 nitrogen and oxygen atoms in total. The standard InChI is InChI=1S/C24H33N3O/c1-4-5-13-25-24(28)27-16-14-26(15-17-27)23(21-9-7-6-8-10-21)22-18-19(2)11-12-20(22)3/h6-12,18,23H,4-5,13-17H2,1-3H3,(H,25,28)/t23-/m0/s1. The van der Waals surface area contributed by atoms with Crippen molar-refractivity contribution >= 4 is 6.03 Å². The van der Waals surface area contributed by atoms with Gasteiger partial charge in [0.05, 0.1) is 6.04 Å². The first-order valence-corrected chi connectivity index (χ1v) is 10.5. The van der Waals surface area contributed by atoms with Gasteiger partial charge in [0.1, 0.15) is 0 Å². The van der Waals surface area contributed by atoms with E-state index in [0.717, 1.165) is 45.6 Å². The lowest BCUT2D eigenvalue weighted by atomic mass is 9.92. The van der Waals surface area contributed by atoms with Crippen molar-refractivity contribution in [3.05, 3.63) is 70.8 Å². The molecule has 1 aliphatic rings. The third-order valence-corrected chi connectivity index (χ3v) is 5.62. The van der Waals surface area contributed by atoms with Crippen LogP contribution in [0.15, 0.2) is 48.5 Å². The van der Waals surface area contributed by atoms with Crippen LogP contribution in [-0.2, 0) is 0 Å². The Morgan fingerprint density at radius 2 is 1.75 bits per heavy atom. The van der Waals surface area contributed by atoms with Crippen LogP contribution in [0.25, 0.3) is 0 Å². The summed E-state index contributed by atoms with van der Waals surface area (Å²) < 4.78 is 0. The van der Waals surface area contributed by atoms with Crippen molar-refractivity contribution < 1.29 is 4.79 Å². The van der Waals surface area contributed by atoms with E-state index in [0.29, 0.717) is 0 Å². The largest absolute Gasteiger partial charge is 0.338 e. The summed E-state index contributed by atoms with van der Waals surface area (Å²) in [5.74, 6) is 0. The van der Waals surface area contributed by atoms with Crippen molar-refractivity contribution in [1.29, 1.82) is 0 Å². The number of hydrogen-bond acceptors (Lipinski definition) is 2. The number of hydrogen-bond donors (Lipinski definition) is 1. The molecule has 28 heavy (non-hydrogen) atoms. The summed E-state index contributed by atoms with van der Waals surface area (Å²) in [6.07, 6.45) is 2.14. The number of unbranched alkanes of at least 4 members (excludes halogenated alkanes) is 1. The molecule has 0 aromatic heterocycles. The topological polar surface area (TPSA) is 35.6 Å². The van der Waals surface area contributed by atoms with Gasteiger partial charge in [-0.1, -0.05) is 67.4 Å². The molecule has 0 radical (unpaired) electrons. The molecule has 3 rings (SSSR count). The van der Waals surface area contributed by atoms with Crippen LogP contribution < -0.4 is 5.32 Å². The van der Waals surface area contributed by atoms with Gasteiger partial charge in [0.2, 0.25) is 0 Å². The lowest BCUT2D eigenvalue weighted by molar-refractivity contribution is 0.120. The van der Waals surface area contributed by atoms with Crippen LogP contribution in [0.5, 0.6) is 0 Å². The number of nitrogens with zero attached hydrogens (tertiary/aromatic N) is 2. The first-order chi connectivity index (χ1) is 13.6. The van der Waals surface area contributed by atoms with Gasteiger partial charge in [0.25, 0.3) is 0 Å². The van der Waals surface area contributed by atoms with Gasteiger partial charge in [0, 0.05) is 32.7 Å². The van der Waals surface area contributed by atoms with E-state index in [4.69, 9.17) is 0 Å². The fraction of sp³-hybridized carbons (Fsp3) is 0.458. The second-order valence-corrected chi connectivity index (χ2v) is 7.78. The van der Waals surface area contributed by atoms with Crippen molar-refractivity contribution in [3.63, 3.8) is 0 Å². The van der Waals surface area contributed by atoms with Crippen LogP contribution in [0.4, 0.5) is 4.79 Å². The molecule has 2 amide bonds. The number of benzene rings is 2. The second kappa shape index (κ2) is 9.74. The van der Waals surface area contributed by atoms with Gasteiger partial charge < -0.3 is 10.2 Å². The second-order valence-electron chi connectivity index (χ2n) is 7.78. The third kappa shape index (κ3) is 4.93. The van der Waals surface area contributed by atoms with Gasteiger partial charge in [-0.05, 0) is 37.0 Å². The third-order valence-electron chi connectivity index (χ3n) is 5.62. The quantitative estimate of drug-likeness (QED) is 0.749. The maximum atomic E-state index is 12.4. The zero-order chi connectivity index (χ0) is 19.9. The van der Waals surface area contributed by atoms with Gasteiger partial charge in [-0.25, -0.2) is 4.79 Å². The highest BCUT2D eigenvalue weighted by Gasteiger charge is 2.28. The van der Waals surface area contributed by atoms with Crippen LogP contribution >= 0.6 is 0 Å². The van der Waals surface area contributed by atoms with E-state index in [1.54, 1.807) is 0 Å². The van der Waals surface area contributed by atoms with Crippen LogP contribution in [-0.4, -0.2) is 48.6 Å². The molecule has 4 heteroatoms. The Bertz CT molecular complexity index is 767. The summed E-state index contributed by atoms with van der Waals surface area (Å²) in [6, 6.07) is 17.8. The number of urea groups is 1. The lowest BCUT2D eigenvalue weighted by Gasteiger charge is -2.40. The van der Waals surface area contributed by atoms with Crippen molar-refractivity contribution in [2.75, 3.05) is 32.7 Å². The molecule has 2 aromatic rings. The zero-order valence-electron chi connectivity index (χ0n) is 17.4. The Balaban J connectivity index is 1.76. The Hall–Kier alpha value is -2.33. The van der Waals surface area contributed by atoms with E-state index in [1.807, 2.05) is 4.90 Å². The van der Waals surface area contributed by atoms with Crippen LogP contribution in [0.2, 0.25) is 0 Å². The predicted octanol–water partition coefficient (Wildman–Crippen LogP) is 4.52. The van der Waals surface area contributed by atoms with E-state index in [9.17, 15) is 4.79 Å². The molecule has 0 bridgehead atoms. The number of carbonyl (C=O) groups is 1. The summed E-state index contributed by atoms with van der Waals surface area (Å²) in [4.78, 5) is 16.9. The summed E-state index contributed by atoms with van der Waals surface area (Å²) in [6.45, 7) is 10.6. The summed E-state index contributed by atoms with van der Waals surface area (Å²) in [5.41, 5.74) is 5.29. The molecule has 1 fully saturated rings. The Morgan fingerprint density at radius 3 is 2.43 bits per heavy atom. The maximum Gasteiger partial charge on any atom is 0.317 e. The van der Waals surface area contributed by atoms with Crippen molar-refractivity contribution in [2.24, 2.45) is 0 Å². The molecular weight excluding hydrogens is 346 g/mol. The van der Waals surface area contributed by atoms with Crippen molar-refractivity contribution in [2.45, 2.75) is 39.7 Å². The fourth-order valence-electron chi connectivity index (χ4n) is 3.94. The lowest BCUT2D eigenvalue weighted by Crippen LogP contribution is -2.52. The summed E-state index contributed by atoms with van der Waals surface area (Å²) >= 11 is 0. The Morgan fingerprint density at radius 1 is 1.04 bits per heavy atom. The molecule has 1 atom stereocenters. The molecule has 2 aromatic carbocycles. The van der Waals surface area contributed by atoms with Crippen LogP contribution in [0.1, 0.15) is 48.1 Å². The molecule has 0 saturated carbocycles. The molecular formula is C24H33N3O. The van der Waals surface area contributed by atoms with E-state index >= 15 is 0 Å². The zero-order valence-corrected chi connectivity index (χ0v) is 17.4. The molecule has 0 spiro atoms. The van der Waals surface area contributed by atoms with Crippen LogP contribution in [0, 0.1) is 13.8 Å². The number of aryl methyl sites for hydroxylation is 2. The summed E-state index contributed by atoms with van der Waals surface area (Å²) in [7, 11) is 0. The SMILES string of the molecule is CCCCNC(=O)N1CCN([C@@H](c2ccccc2)c2cc(C)ccc2C)CC1. The minimum atomic E-state index is 0.0797. The highest BCUT2D eigenvalue weighted by atomic mass is 16.2. The Labute approximate surface area is 169 Å². The molecule has 1 saturated heterocycles. The molecule has 0 unspecified atom stereocenters. The number of rotatable bonds is 6. The first kappa shape index (κ1) is 20.4. The Kier molecular flexibility index (Phi) is 7.10. The van der Waals surface area contributed by atoms with E-state index in [1.165, 1.54) is 22.3 Å². The highest BCUT2D eigenvalue weighted by Crippen LogP contribution is 2.32. The molecule has 1 heterocycles. The molecule has 150 valence electrons. The van der Waals surface area contributed by atoms with E-state index in [2.05, 4.69) is 79.5 Å². The number of amides is 2. The predicted molar refractivity (Wildman–Crippen MR) is 116 cm³/mol. The first-order valence-electron chi connectivity index (χ1n) is 10.5. The number of piperazine rings is 1. The number of carbonyl (C=O) groups excluding carboxylic acids is 1. The summed E-state index contributed by atoms with van der Waals surface area (Å²) in [5, 5.41) is 3.05. The van der Waals surface area contributed by atoms with Gasteiger partial charge in [0.15, 0.2) is 0 Å². The minimum Gasteiger partial charge on any atom is -0.338 e. The maximum absolute atomic E-state index is 12.4. The van der Waals surface area contributed by atoms with E-state index < -0.39 is 0 Å². The van der Waals surface area contributed by atoms with Crippen molar-refractivity contribution in [3.8, 4) is 0 Å². The van der Waals surface area contributed by atoms with E-state index in [-0.39, 0.29) is 12.1 Å². The monoisotopic (exact) mass is 379 g/mol. The van der Waals surface area contributed by atoms with Gasteiger partial charge in [-0.2, -0.15) is 0 Å². The smallest absolute Gasteiger partial charge is 0.317 e.